The largest absolute Gasteiger partial charge is 0.480 e. The molecule has 108 valence electrons. The van der Waals surface area contributed by atoms with Gasteiger partial charge in [0.05, 0.1) is 0 Å². The second kappa shape index (κ2) is 6.93. The molecule has 0 bridgehead atoms. The Morgan fingerprint density at radius 2 is 2.05 bits per heavy atom. The average molecular weight is 273 g/mol. The third-order valence-electron chi connectivity index (χ3n) is 3.11. The van der Waals surface area contributed by atoms with E-state index in [0.717, 1.165) is 12.8 Å². The maximum Gasteiger partial charge on any atom is 0.326 e. The molecule has 8 nitrogen and oxygen atoms in total. The van der Waals surface area contributed by atoms with E-state index in [-0.39, 0.29) is 13.0 Å². The molecule has 0 aromatic carbocycles. The lowest BCUT2D eigenvalue weighted by molar-refractivity contribution is -0.139. The van der Waals surface area contributed by atoms with Crippen LogP contribution >= 0.6 is 0 Å². The number of aliphatic hydroxyl groups excluding tert-OH is 1. The van der Waals surface area contributed by atoms with Gasteiger partial charge in [-0.15, -0.1) is 0 Å². The average Bonchev–Trinajstić information content (AvgIpc) is 2.37. The van der Waals surface area contributed by atoms with Crippen LogP contribution in [-0.2, 0) is 9.59 Å². The number of nitrogens with two attached hydrogens (primary N) is 1. The molecule has 1 rings (SSSR count). The predicted octanol–water partition coefficient (Wildman–Crippen LogP) is -1.13. The molecule has 2 atom stereocenters. The van der Waals surface area contributed by atoms with Crippen LogP contribution in [0.3, 0.4) is 0 Å². The van der Waals surface area contributed by atoms with Crippen molar-refractivity contribution < 1.29 is 24.6 Å². The Bertz CT molecular complexity index is 360. The fourth-order valence-corrected chi connectivity index (χ4v) is 2.09. The first-order valence-electron chi connectivity index (χ1n) is 6.17. The van der Waals surface area contributed by atoms with Gasteiger partial charge in [-0.2, -0.15) is 0 Å². The highest BCUT2D eigenvalue weighted by Crippen LogP contribution is 2.16. The molecule has 0 spiro atoms. The van der Waals surface area contributed by atoms with Gasteiger partial charge in [0.15, 0.2) is 0 Å². The van der Waals surface area contributed by atoms with E-state index in [9.17, 15) is 14.4 Å². The van der Waals surface area contributed by atoms with Gasteiger partial charge in [-0.05, 0) is 19.3 Å². The minimum absolute atomic E-state index is 0.0872. The molecule has 8 heteroatoms. The molecule has 0 aliphatic carbocycles. The number of aliphatic hydroxyl groups is 1. The van der Waals surface area contributed by atoms with Gasteiger partial charge in [0.1, 0.15) is 12.1 Å². The van der Waals surface area contributed by atoms with E-state index in [4.69, 9.17) is 15.9 Å². The Kier molecular flexibility index (Phi) is 5.56. The first-order chi connectivity index (χ1) is 8.97. The Hall–Kier alpha value is -1.83. The lowest BCUT2D eigenvalue weighted by atomic mass is 10.0. The number of nitrogens with one attached hydrogen (secondary N) is 1. The Morgan fingerprint density at radius 3 is 2.58 bits per heavy atom. The van der Waals surface area contributed by atoms with Crippen molar-refractivity contribution in [1.82, 2.24) is 10.2 Å². The smallest absolute Gasteiger partial charge is 0.326 e. The molecule has 3 amide bonds. The normalized spacial score (nSPS) is 20.7. The summed E-state index contributed by atoms with van der Waals surface area (Å²) in [6.45, 7) is 0.0153. The zero-order valence-corrected chi connectivity index (χ0v) is 10.5. The summed E-state index contributed by atoms with van der Waals surface area (Å²) in [5.41, 5.74) is 5.23. The molecule has 0 aromatic rings. The third kappa shape index (κ3) is 4.09. The van der Waals surface area contributed by atoms with E-state index in [1.165, 1.54) is 4.90 Å². The number of carbonyl (C=O) groups excluding carboxylic acids is 2. The van der Waals surface area contributed by atoms with Crippen molar-refractivity contribution in [2.75, 3.05) is 13.2 Å². The number of likely N-dealkylation sites (tertiary alicyclic amines) is 1. The molecule has 1 heterocycles. The summed E-state index contributed by atoms with van der Waals surface area (Å²) >= 11 is 0. The molecule has 0 aromatic heterocycles. The van der Waals surface area contributed by atoms with Gasteiger partial charge < -0.3 is 26.2 Å². The Balaban J connectivity index is 2.68. The highest BCUT2D eigenvalue weighted by molar-refractivity contribution is 5.88. The fraction of sp³-hybridized carbons (Fsp3) is 0.727. The van der Waals surface area contributed by atoms with Crippen molar-refractivity contribution in [2.24, 2.45) is 5.73 Å². The number of carboxylic acids is 1. The topological polar surface area (TPSA) is 133 Å². The quantitative estimate of drug-likeness (QED) is 0.503. The van der Waals surface area contributed by atoms with Crippen molar-refractivity contribution in [1.29, 1.82) is 0 Å². The second-order valence-electron chi connectivity index (χ2n) is 4.46. The zero-order valence-electron chi connectivity index (χ0n) is 10.5. The predicted molar refractivity (Wildman–Crippen MR) is 65.2 cm³/mol. The van der Waals surface area contributed by atoms with Crippen LogP contribution in [0.4, 0.5) is 4.79 Å². The van der Waals surface area contributed by atoms with E-state index in [1.54, 1.807) is 0 Å². The number of rotatable bonds is 5. The van der Waals surface area contributed by atoms with E-state index in [0.29, 0.717) is 13.0 Å². The van der Waals surface area contributed by atoms with Gasteiger partial charge >= 0.3 is 12.0 Å². The lowest BCUT2D eigenvalue weighted by Crippen LogP contribution is -2.56. The first-order valence-corrected chi connectivity index (χ1v) is 6.17. The van der Waals surface area contributed by atoms with Gasteiger partial charge in [-0.3, -0.25) is 4.79 Å². The van der Waals surface area contributed by atoms with Crippen LogP contribution in [0.5, 0.6) is 0 Å². The van der Waals surface area contributed by atoms with Crippen LogP contribution < -0.4 is 11.1 Å². The summed E-state index contributed by atoms with van der Waals surface area (Å²) in [7, 11) is 0. The highest BCUT2D eigenvalue weighted by Gasteiger charge is 2.32. The molecule has 1 aliphatic rings. The summed E-state index contributed by atoms with van der Waals surface area (Å²) in [6, 6.07) is -2.50. The third-order valence-corrected chi connectivity index (χ3v) is 3.11. The number of urea groups is 1. The van der Waals surface area contributed by atoms with E-state index in [2.05, 4.69) is 5.32 Å². The minimum atomic E-state index is -1.23. The minimum Gasteiger partial charge on any atom is -0.480 e. The van der Waals surface area contributed by atoms with Crippen LogP contribution in [0.15, 0.2) is 0 Å². The van der Waals surface area contributed by atoms with Gasteiger partial charge in [-0.25, -0.2) is 9.59 Å². The maximum absolute atomic E-state index is 12.0. The van der Waals surface area contributed by atoms with Crippen LogP contribution in [0.2, 0.25) is 0 Å². The van der Waals surface area contributed by atoms with Crippen molar-refractivity contribution in [3.63, 3.8) is 0 Å². The van der Waals surface area contributed by atoms with E-state index >= 15 is 0 Å². The molecular weight excluding hydrogens is 254 g/mol. The molecule has 19 heavy (non-hydrogen) atoms. The number of hydrogen-bond donors (Lipinski definition) is 4. The van der Waals surface area contributed by atoms with Crippen LogP contribution in [-0.4, -0.2) is 58.3 Å². The van der Waals surface area contributed by atoms with Crippen molar-refractivity contribution in [3.8, 4) is 0 Å². The highest BCUT2D eigenvalue weighted by atomic mass is 16.4. The number of nitrogens with zero attached hydrogens (tertiary/aromatic N) is 1. The Morgan fingerprint density at radius 1 is 1.37 bits per heavy atom. The molecule has 5 N–H and O–H groups in total. The SMILES string of the molecule is NC(=O)C1CCCCN1C(=O)N[C@H](CCO)C(=O)O. The van der Waals surface area contributed by atoms with Crippen LogP contribution in [0, 0.1) is 0 Å². The standard InChI is InChI=1S/C11H19N3O5/c12-9(16)8-3-1-2-5-14(8)11(19)13-7(4-6-15)10(17)18/h7-8,15H,1-6H2,(H2,12,16)(H,13,19)(H,17,18)/t7-,8?/m1/s1. The summed E-state index contributed by atoms with van der Waals surface area (Å²) in [5.74, 6) is -1.82. The van der Waals surface area contributed by atoms with Gasteiger partial charge in [0.2, 0.25) is 5.91 Å². The number of amides is 3. The number of carboxylic acid groups (broad SMARTS) is 1. The summed E-state index contributed by atoms with van der Waals surface area (Å²) in [6.07, 6.45) is 1.95. The fourth-order valence-electron chi connectivity index (χ4n) is 2.09. The van der Waals surface area contributed by atoms with Crippen molar-refractivity contribution >= 4 is 17.9 Å². The molecule has 0 radical (unpaired) electrons. The number of aliphatic carboxylic acids is 1. The van der Waals surface area contributed by atoms with Gasteiger partial charge in [-0.1, -0.05) is 0 Å². The second-order valence-corrected chi connectivity index (χ2v) is 4.46. The van der Waals surface area contributed by atoms with Gasteiger partial charge in [0.25, 0.3) is 0 Å². The number of carbonyl (C=O) groups is 3. The van der Waals surface area contributed by atoms with Gasteiger partial charge in [0, 0.05) is 19.6 Å². The number of hydrogen-bond acceptors (Lipinski definition) is 4. The zero-order chi connectivity index (χ0) is 14.4. The molecule has 1 saturated heterocycles. The van der Waals surface area contributed by atoms with Crippen LogP contribution in [0.25, 0.3) is 0 Å². The van der Waals surface area contributed by atoms with Crippen LogP contribution in [0.1, 0.15) is 25.7 Å². The Labute approximate surface area is 110 Å². The lowest BCUT2D eigenvalue weighted by Gasteiger charge is -2.34. The molecule has 1 aliphatic heterocycles. The number of primary amides is 1. The molecule has 1 fully saturated rings. The molecule has 1 unspecified atom stereocenters. The van der Waals surface area contributed by atoms with Crippen molar-refractivity contribution in [3.05, 3.63) is 0 Å². The molecule has 0 saturated carbocycles. The molecular formula is C11H19N3O5. The number of piperidine rings is 1. The van der Waals surface area contributed by atoms with E-state index in [1.807, 2.05) is 0 Å². The maximum atomic E-state index is 12.0. The monoisotopic (exact) mass is 273 g/mol. The summed E-state index contributed by atoms with van der Waals surface area (Å²) in [4.78, 5) is 35.4. The summed E-state index contributed by atoms with van der Waals surface area (Å²) < 4.78 is 0. The first kappa shape index (κ1) is 15.2. The summed E-state index contributed by atoms with van der Waals surface area (Å²) in [5, 5.41) is 19.9. The van der Waals surface area contributed by atoms with E-state index < -0.39 is 30.0 Å². The van der Waals surface area contributed by atoms with Crippen molar-refractivity contribution in [2.45, 2.75) is 37.8 Å².